The molecule has 3 saturated heterocycles. The van der Waals surface area contributed by atoms with E-state index in [1.807, 2.05) is 0 Å². The van der Waals surface area contributed by atoms with Crippen molar-refractivity contribution < 1.29 is 67.8 Å². The van der Waals surface area contributed by atoms with E-state index in [4.69, 9.17) is 47.4 Å². The van der Waals surface area contributed by atoms with Crippen molar-refractivity contribution in [3.05, 3.63) is 0 Å². The molecule has 0 aromatic rings. The van der Waals surface area contributed by atoms with Crippen molar-refractivity contribution in [2.75, 3.05) is 55.4 Å². The van der Waals surface area contributed by atoms with E-state index >= 15 is 0 Å². The summed E-state index contributed by atoms with van der Waals surface area (Å²) in [4.78, 5) is 0. The second-order valence-corrected chi connectivity index (χ2v) is 8.51. The largest absolute Gasteiger partial charge is 0.394 e. The second-order valence-electron chi connectivity index (χ2n) is 8.51. The van der Waals surface area contributed by atoms with Gasteiger partial charge in [0.25, 0.3) is 0 Å². The first-order chi connectivity index (χ1) is 16.8. The Morgan fingerprint density at radius 2 is 1.31 bits per heavy atom. The third kappa shape index (κ3) is 6.13. The lowest BCUT2D eigenvalue weighted by Gasteiger charge is -2.45. The Morgan fingerprint density at radius 1 is 0.686 bits per heavy atom. The number of aliphatic hydroxyl groups excluding tert-OH is 4. The lowest BCUT2D eigenvalue weighted by atomic mass is 9.98. The molecule has 3 aliphatic rings. The summed E-state index contributed by atoms with van der Waals surface area (Å²) in [6.07, 6.45) is -12.7. The zero-order valence-corrected chi connectivity index (χ0v) is 20.5. The number of ether oxygens (including phenoxy) is 10. The van der Waals surface area contributed by atoms with Gasteiger partial charge < -0.3 is 67.8 Å². The zero-order valence-electron chi connectivity index (χ0n) is 20.5. The lowest BCUT2D eigenvalue weighted by molar-refractivity contribution is -0.354. The summed E-state index contributed by atoms with van der Waals surface area (Å²) in [5.74, 6) is 0. The molecule has 0 amide bonds. The predicted octanol–water partition coefficient (Wildman–Crippen LogP) is -3.02. The zero-order chi connectivity index (χ0) is 25.7. The molecule has 0 aromatic heterocycles. The van der Waals surface area contributed by atoms with E-state index < -0.39 is 86.5 Å². The highest BCUT2D eigenvalue weighted by molar-refractivity contribution is 4.94. The minimum Gasteiger partial charge on any atom is -0.394 e. The highest BCUT2D eigenvalue weighted by Gasteiger charge is 2.52. The molecule has 0 aromatic carbocycles. The summed E-state index contributed by atoms with van der Waals surface area (Å²) in [5.41, 5.74) is 0. The van der Waals surface area contributed by atoms with Gasteiger partial charge in [-0.2, -0.15) is 0 Å². The van der Waals surface area contributed by atoms with E-state index in [1.165, 1.54) is 21.3 Å². The number of methoxy groups -OCH3 is 5. The van der Waals surface area contributed by atoms with Gasteiger partial charge in [0, 0.05) is 35.5 Å². The minimum absolute atomic E-state index is 0.00936. The summed E-state index contributed by atoms with van der Waals surface area (Å²) in [5, 5.41) is 39.7. The first-order valence-electron chi connectivity index (χ1n) is 11.3. The Balaban J connectivity index is 1.70. The van der Waals surface area contributed by atoms with Crippen LogP contribution in [0.2, 0.25) is 0 Å². The lowest BCUT2D eigenvalue weighted by Crippen LogP contribution is -2.63. The maximum Gasteiger partial charge on any atom is 0.187 e. The SMILES string of the molecule is COC[C@H]1O[C@@H](O[C@@H]2CO[C@@H](O[C@H]3[C@H](O)[C@@H](O)[C@H](O)O[C@@H]3CO)[C@H](OC)[C@H]2OC)[C@H](OC)[C@H]1OC. The molecular weight excluding hydrogens is 476 g/mol. The molecule has 0 radical (unpaired) electrons. The molecule has 0 unspecified atom stereocenters. The second kappa shape index (κ2) is 13.3. The number of aliphatic hydroxyl groups is 4. The molecule has 0 saturated carbocycles. The van der Waals surface area contributed by atoms with Crippen molar-refractivity contribution in [3.8, 4) is 0 Å². The third-order valence-corrected chi connectivity index (χ3v) is 6.51. The van der Waals surface area contributed by atoms with Crippen LogP contribution in [0.1, 0.15) is 0 Å². The molecule has 0 bridgehead atoms. The highest BCUT2D eigenvalue weighted by Crippen LogP contribution is 2.33. The van der Waals surface area contributed by atoms with Gasteiger partial charge in [0.05, 0.1) is 19.8 Å². The van der Waals surface area contributed by atoms with E-state index in [0.717, 1.165) is 0 Å². The summed E-state index contributed by atoms with van der Waals surface area (Å²) < 4.78 is 56.6. The summed E-state index contributed by atoms with van der Waals surface area (Å²) in [6, 6.07) is 0. The van der Waals surface area contributed by atoms with E-state index in [1.54, 1.807) is 14.2 Å². The first kappa shape index (κ1) is 29.0. The molecular formula is C21H38O14. The van der Waals surface area contributed by atoms with Crippen LogP contribution in [0.15, 0.2) is 0 Å². The maximum atomic E-state index is 10.4. The van der Waals surface area contributed by atoms with Crippen LogP contribution in [0.4, 0.5) is 0 Å². The van der Waals surface area contributed by atoms with E-state index in [9.17, 15) is 20.4 Å². The van der Waals surface area contributed by atoms with Gasteiger partial charge >= 0.3 is 0 Å². The van der Waals surface area contributed by atoms with Gasteiger partial charge in [0.15, 0.2) is 18.9 Å². The smallest absolute Gasteiger partial charge is 0.187 e. The molecule has 4 N–H and O–H groups in total. The Labute approximate surface area is 203 Å². The molecule has 3 aliphatic heterocycles. The van der Waals surface area contributed by atoms with Crippen LogP contribution in [0.25, 0.3) is 0 Å². The Bertz CT molecular complexity index is 625. The van der Waals surface area contributed by atoms with Crippen LogP contribution in [0, 0.1) is 0 Å². The minimum atomic E-state index is -1.67. The third-order valence-electron chi connectivity index (χ3n) is 6.51. The summed E-state index contributed by atoms with van der Waals surface area (Å²) in [7, 11) is 7.53. The van der Waals surface area contributed by atoms with Gasteiger partial charge in [-0.15, -0.1) is 0 Å². The topological polar surface area (TPSA) is 173 Å². The molecule has 14 nitrogen and oxygen atoms in total. The Kier molecular flexibility index (Phi) is 11.0. The van der Waals surface area contributed by atoms with Crippen molar-refractivity contribution in [1.82, 2.24) is 0 Å². The van der Waals surface area contributed by atoms with Gasteiger partial charge in [0.2, 0.25) is 0 Å². The van der Waals surface area contributed by atoms with Crippen LogP contribution >= 0.6 is 0 Å². The average molecular weight is 515 g/mol. The molecule has 3 rings (SSSR count). The van der Waals surface area contributed by atoms with E-state index in [-0.39, 0.29) is 13.2 Å². The van der Waals surface area contributed by atoms with Crippen molar-refractivity contribution in [2.45, 2.75) is 79.9 Å². The fourth-order valence-corrected chi connectivity index (χ4v) is 4.71. The van der Waals surface area contributed by atoms with Crippen LogP contribution < -0.4 is 0 Å². The van der Waals surface area contributed by atoms with Gasteiger partial charge in [-0.05, 0) is 0 Å². The Hall–Kier alpha value is -0.560. The molecule has 13 atom stereocenters. The molecule has 0 spiro atoms. The standard InChI is InChI=1S/C21H38O14/c1-26-7-10-15(27-2)18(30-5)21(33-10)34-11-8-31-20(17(29-4)16(11)28-3)35-14-9(6-22)32-19(25)13(24)12(14)23/h9-25H,6-8H2,1-5H3/t9-,10-,11-,12-,13-,14-,15+,16+,17-,18-,19-,20+,21+/m1/s1. The maximum absolute atomic E-state index is 10.4. The number of hydrogen-bond acceptors (Lipinski definition) is 14. The van der Waals surface area contributed by atoms with Gasteiger partial charge in [-0.1, -0.05) is 0 Å². The number of rotatable bonds is 11. The van der Waals surface area contributed by atoms with Crippen molar-refractivity contribution >= 4 is 0 Å². The monoisotopic (exact) mass is 514 g/mol. The van der Waals surface area contributed by atoms with Gasteiger partial charge in [-0.25, -0.2) is 0 Å². The molecule has 35 heavy (non-hydrogen) atoms. The number of hydrogen-bond donors (Lipinski definition) is 4. The van der Waals surface area contributed by atoms with E-state index in [0.29, 0.717) is 0 Å². The fourth-order valence-electron chi connectivity index (χ4n) is 4.71. The van der Waals surface area contributed by atoms with Gasteiger partial charge in [0.1, 0.15) is 61.0 Å². The van der Waals surface area contributed by atoms with Crippen LogP contribution in [-0.2, 0) is 47.4 Å². The molecule has 3 heterocycles. The van der Waals surface area contributed by atoms with E-state index in [2.05, 4.69) is 0 Å². The Morgan fingerprint density at radius 3 is 1.89 bits per heavy atom. The predicted molar refractivity (Wildman–Crippen MR) is 113 cm³/mol. The molecule has 206 valence electrons. The fraction of sp³-hybridized carbons (Fsp3) is 1.00. The average Bonchev–Trinajstić information content (AvgIpc) is 3.20. The highest BCUT2D eigenvalue weighted by atomic mass is 16.8. The molecule has 0 aliphatic carbocycles. The molecule has 14 heteroatoms. The molecule has 3 fully saturated rings. The van der Waals surface area contributed by atoms with Crippen molar-refractivity contribution in [3.63, 3.8) is 0 Å². The van der Waals surface area contributed by atoms with Crippen LogP contribution in [0.3, 0.4) is 0 Å². The quantitative estimate of drug-likeness (QED) is 0.219. The normalized spacial score (nSPS) is 46.7. The first-order valence-corrected chi connectivity index (χ1v) is 11.3. The van der Waals surface area contributed by atoms with Crippen molar-refractivity contribution in [1.29, 1.82) is 0 Å². The van der Waals surface area contributed by atoms with Crippen molar-refractivity contribution in [2.24, 2.45) is 0 Å². The van der Waals surface area contributed by atoms with Crippen LogP contribution in [-0.4, -0.2) is 156 Å². The summed E-state index contributed by atoms with van der Waals surface area (Å²) in [6.45, 7) is -0.303. The van der Waals surface area contributed by atoms with Crippen LogP contribution in [0.5, 0.6) is 0 Å². The van der Waals surface area contributed by atoms with Gasteiger partial charge in [-0.3, -0.25) is 0 Å². The summed E-state index contributed by atoms with van der Waals surface area (Å²) >= 11 is 0.